The minimum atomic E-state index is -0.673. The van der Waals surface area contributed by atoms with Crippen molar-refractivity contribution in [2.45, 2.75) is 13.0 Å². The first-order chi connectivity index (χ1) is 7.27. The molecular formula is C12H12N2O. The SMILES string of the molecule is Cc1cccc(C(O)c2ccncn2)c1. The topological polar surface area (TPSA) is 46.0 Å². The highest BCUT2D eigenvalue weighted by Crippen LogP contribution is 2.19. The van der Waals surface area contributed by atoms with Crippen molar-refractivity contribution in [3.8, 4) is 0 Å². The van der Waals surface area contributed by atoms with E-state index in [4.69, 9.17) is 0 Å². The molecule has 0 bridgehead atoms. The van der Waals surface area contributed by atoms with E-state index < -0.39 is 6.10 Å². The molecule has 1 aromatic heterocycles. The third kappa shape index (κ3) is 2.19. The first kappa shape index (κ1) is 9.80. The normalized spacial score (nSPS) is 12.4. The summed E-state index contributed by atoms with van der Waals surface area (Å²) in [7, 11) is 0. The van der Waals surface area contributed by atoms with Gasteiger partial charge in [-0.3, -0.25) is 0 Å². The van der Waals surface area contributed by atoms with E-state index in [0.29, 0.717) is 5.69 Å². The van der Waals surface area contributed by atoms with Gasteiger partial charge in [0.15, 0.2) is 0 Å². The number of aryl methyl sites for hydroxylation is 1. The lowest BCUT2D eigenvalue weighted by Crippen LogP contribution is -2.02. The average Bonchev–Trinajstić information content (AvgIpc) is 2.29. The van der Waals surface area contributed by atoms with Gasteiger partial charge in [0.05, 0.1) is 5.69 Å². The number of aromatic nitrogens is 2. The van der Waals surface area contributed by atoms with Crippen LogP contribution in [0.3, 0.4) is 0 Å². The van der Waals surface area contributed by atoms with E-state index in [0.717, 1.165) is 11.1 Å². The highest BCUT2D eigenvalue weighted by molar-refractivity contribution is 5.28. The molecule has 0 fully saturated rings. The zero-order chi connectivity index (χ0) is 10.7. The molecule has 15 heavy (non-hydrogen) atoms. The molecule has 1 unspecified atom stereocenters. The van der Waals surface area contributed by atoms with Crippen molar-refractivity contribution in [1.29, 1.82) is 0 Å². The Morgan fingerprint density at radius 2 is 2.13 bits per heavy atom. The van der Waals surface area contributed by atoms with Crippen LogP contribution in [-0.4, -0.2) is 15.1 Å². The van der Waals surface area contributed by atoms with Gasteiger partial charge in [-0.15, -0.1) is 0 Å². The van der Waals surface area contributed by atoms with Crippen molar-refractivity contribution in [2.75, 3.05) is 0 Å². The van der Waals surface area contributed by atoms with Crippen LogP contribution in [0.5, 0.6) is 0 Å². The Labute approximate surface area is 88.5 Å². The molecule has 0 amide bonds. The van der Waals surface area contributed by atoms with Crippen molar-refractivity contribution in [1.82, 2.24) is 9.97 Å². The predicted molar refractivity (Wildman–Crippen MR) is 57.3 cm³/mol. The first-order valence-electron chi connectivity index (χ1n) is 4.78. The standard InChI is InChI=1S/C12H12N2O/c1-9-3-2-4-10(7-9)12(15)11-5-6-13-8-14-11/h2-8,12,15H,1H3. The summed E-state index contributed by atoms with van der Waals surface area (Å²) in [6, 6.07) is 9.48. The van der Waals surface area contributed by atoms with Crippen LogP contribution in [0.2, 0.25) is 0 Å². The van der Waals surface area contributed by atoms with Gasteiger partial charge >= 0.3 is 0 Å². The van der Waals surface area contributed by atoms with Crippen molar-refractivity contribution < 1.29 is 5.11 Å². The van der Waals surface area contributed by atoms with Crippen LogP contribution >= 0.6 is 0 Å². The second-order valence-electron chi connectivity index (χ2n) is 3.45. The molecular weight excluding hydrogens is 188 g/mol. The summed E-state index contributed by atoms with van der Waals surface area (Å²) >= 11 is 0. The van der Waals surface area contributed by atoms with Crippen LogP contribution in [-0.2, 0) is 0 Å². The van der Waals surface area contributed by atoms with Gasteiger partial charge in [-0.1, -0.05) is 29.8 Å². The molecule has 0 aliphatic rings. The molecule has 2 aromatic rings. The largest absolute Gasteiger partial charge is 0.382 e. The number of rotatable bonds is 2. The van der Waals surface area contributed by atoms with Crippen molar-refractivity contribution in [3.05, 3.63) is 59.7 Å². The number of benzene rings is 1. The monoisotopic (exact) mass is 200 g/mol. The molecule has 1 aromatic carbocycles. The molecule has 1 heterocycles. The minimum Gasteiger partial charge on any atom is -0.382 e. The Balaban J connectivity index is 2.32. The summed E-state index contributed by atoms with van der Waals surface area (Å²) in [5.41, 5.74) is 2.60. The maximum absolute atomic E-state index is 10.0. The van der Waals surface area contributed by atoms with Gasteiger partial charge in [0.25, 0.3) is 0 Å². The summed E-state index contributed by atoms with van der Waals surface area (Å²) in [6.45, 7) is 2.00. The van der Waals surface area contributed by atoms with Crippen LogP contribution in [0, 0.1) is 6.92 Å². The predicted octanol–water partition coefficient (Wildman–Crippen LogP) is 1.87. The van der Waals surface area contributed by atoms with Crippen LogP contribution in [0.15, 0.2) is 42.9 Å². The number of aliphatic hydroxyl groups excluding tert-OH is 1. The molecule has 1 N–H and O–H groups in total. The number of hydrogen-bond donors (Lipinski definition) is 1. The summed E-state index contributed by atoms with van der Waals surface area (Å²) < 4.78 is 0. The van der Waals surface area contributed by atoms with Crippen molar-refractivity contribution in [3.63, 3.8) is 0 Å². The molecule has 0 spiro atoms. The van der Waals surface area contributed by atoms with Gasteiger partial charge in [0.1, 0.15) is 12.4 Å². The maximum atomic E-state index is 10.0. The van der Waals surface area contributed by atoms with Gasteiger partial charge in [0.2, 0.25) is 0 Å². The molecule has 0 saturated heterocycles. The smallest absolute Gasteiger partial charge is 0.121 e. The maximum Gasteiger partial charge on any atom is 0.121 e. The minimum absolute atomic E-state index is 0.621. The number of hydrogen-bond acceptors (Lipinski definition) is 3. The fraction of sp³-hybridized carbons (Fsp3) is 0.167. The Bertz CT molecular complexity index is 442. The Morgan fingerprint density at radius 3 is 2.80 bits per heavy atom. The number of nitrogens with zero attached hydrogens (tertiary/aromatic N) is 2. The van der Waals surface area contributed by atoms with E-state index in [1.807, 2.05) is 31.2 Å². The third-order valence-corrected chi connectivity index (χ3v) is 2.24. The fourth-order valence-electron chi connectivity index (χ4n) is 1.47. The Hall–Kier alpha value is -1.74. The molecule has 76 valence electrons. The molecule has 3 nitrogen and oxygen atoms in total. The van der Waals surface area contributed by atoms with Gasteiger partial charge in [-0.2, -0.15) is 0 Å². The lowest BCUT2D eigenvalue weighted by molar-refractivity contribution is 0.215. The zero-order valence-electron chi connectivity index (χ0n) is 8.46. The molecule has 2 rings (SSSR count). The fourth-order valence-corrected chi connectivity index (χ4v) is 1.47. The van der Waals surface area contributed by atoms with E-state index in [9.17, 15) is 5.11 Å². The molecule has 0 aliphatic heterocycles. The average molecular weight is 200 g/mol. The molecule has 1 atom stereocenters. The Kier molecular flexibility index (Phi) is 2.74. The highest BCUT2D eigenvalue weighted by atomic mass is 16.3. The van der Waals surface area contributed by atoms with E-state index >= 15 is 0 Å². The lowest BCUT2D eigenvalue weighted by atomic mass is 10.0. The summed E-state index contributed by atoms with van der Waals surface area (Å²) in [5, 5.41) is 10.0. The number of aliphatic hydroxyl groups is 1. The summed E-state index contributed by atoms with van der Waals surface area (Å²) in [6.07, 6.45) is 2.39. The van der Waals surface area contributed by atoms with E-state index in [-0.39, 0.29) is 0 Å². The third-order valence-electron chi connectivity index (χ3n) is 2.24. The van der Waals surface area contributed by atoms with E-state index in [1.165, 1.54) is 6.33 Å². The quantitative estimate of drug-likeness (QED) is 0.804. The molecule has 0 aliphatic carbocycles. The van der Waals surface area contributed by atoms with Gasteiger partial charge in [0, 0.05) is 6.20 Å². The van der Waals surface area contributed by atoms with E-state index in [2.05, 4.69) is 9.97 Å². The van der Waals surface area contributed by atoms with Gasteiger partial charge < -0.3 is 5.11 Å². The van der Waals surface area contributed by atoms with Gasteiger partial charge in [-0.05, 0) is 18.6 Å². The first-order valence-corrected chi connectivity index (χ1v) is 4.78. The van der Waals surface area contributed by atoms with Crippen LogP contribution in [0.4, 0.5) is 0 Å². The zero-order valence-corrected chi connectivity index (χ0v) is 8.46. The van der Waals surface area contributed by atoms with Crippen molar-refractivity contribution >= 4 is 0 Å². The van der Waals surface area contributed by atoms with Crippen LogP contribution in [0.25, 0.3) is 0 Å². The lowest BCUT2D eigenvalue weighted by Gasteiger charge is -2.10. The summed E-state index contributed by atoms with van der Waals surface area (Å²) in [5.74, 6) is 0. The molecule has 3 heteroatoms. The second kappa shape index (κ2) is 4.19. The van der Waals surface area contributed by atoms with Gasteiger partial charge in [-0.25, -0.2) is 9.97 Å². The van der Waals surface area contributed by atoms with Crippen LogP contribution < -0.4 is 0 Å². The molecule has 0 saturated carbocycles. The van der Waals surface area contributed by atoms with Crippen molar-refractivity contribution in [2.24, 2.45) is 0 Å². The van der Waals surface area contributed by atoms with E-state index in [1.54, 1.807) is 12.3 Å². The highest BCUT2D eigenvalue weighted by Gasteiger charge is 2.10. The Morgan fingerprint density at radius 1 is 1.27 bits per heavy atom. The van der Waals surface area contributed by atoms with Crippen LogP contribution in [0.1, 0.15) is 22.9 Å². The molecule has 0 radical (unpaired) electrons. The summed E-state index contributed by atoms with van der Waals surface area (Å²) in [4.78, 5) is 7.84. The second-order valence-corrected chi connectivity index (χ2v) is 3.45.